The molecule has 1 atom stereocenters. The van der Waals surface area contributed by atoms with Crippen molar-refractivity contribution in [2.24, 2.45) is 5.92 Å². The lowest BCUT2D eigenvalue weighted by molar-refractivity contribution is 0.0516. The Kier molecular flexibility index (Phi) is 4.39. The zero-order valence-electron chi connectivity index (χ0n) is 9.88. The summed E-state index contributed by atoms with van der Waals surface area (Å²) >= 11 is 0. The minimum atomic E-state index is -0.416. The molecule has 15 heavy (non-hydrogen) atoms. The SMILES string of the molecule is CC(C)(C)OC(=O)NCC1CCC[N]C1. The summed E-state index contributed by atoms with van der Waals surface area (Å²) in [5.74, 6) is 0.492. The van der Waals surface area contributed by atoms with Crippen molar-refractivity contribution in [2.45, 2.75) is 39.2 Å². The zero-order valence-corrected chi connectivity index (χ0v) is 9.88. The second-order valence-electron chi connectivity index (χ2n) is 5.02. The highest BCUT2D eigenvalue weighted by atomic mass is 16.6. The fourth-order valence-corrected chi connectivity index (χ4v) is 1.57. The van der Waals surface area contributed by atoms with E-state index in [1.807, 2.05) is 20.8 Å². The van der Waals surface area contributed by atoms with Crippen molar-refractivity contribution in [2.75, 3.05) is 19.6 Å². The normalized spacial score (nSPS) is 22.2. The second-order valence-corrected chi connectivity index (χ2v) is 5.02. The first kappa shape index (κ1) is 12.3. The fraction of sp³-hybridized carbons (Fsp3) is 0.909. The van der Waals surface area contributed by atoms with Crippen LogP contribution in [0.2, 0.25) is 0 Å². The Morgan fingerprint density at radius 1 is 1.53 bits per heavy atom. The highest BCUT2D eigenvalue weighted by molar-refractivity contribution is 5.67. The molecule has 4 heteroatoms. The first-order valence-electron chi connectivity index (χ1n) is 5.57. The van der Waals surface area contributed by atoms with Crippen molar-refractivity contribution in [1.82, 2.24) is 10.6 Å². The topological polar surface area (TPSA) is 52.4 Å². The third-order valence-electron chi connectivity index (χ3n) is 2.25. The fourth-order valence-electron chi connectivity index (χ4n) is 1.57. The van der Waals surface area contributed by atoms with Crippen LogP contribution in [0.15, 0.2) is 0 Å². The number of nitrogens with zero attached hydrogens (tertiary/aromatic N) is 1. The van der Waals surface area contributed by atoms with E-state index >= 15 is 0 Å². The molecule has 0 aromatic rings. The van der Waals surface area contributed by atoms with E-state index in [0.717, 1.165) is 25.9 Å². The molecule has 1 aliphatic rings. The average Bonchev–Trinajstić information content (AvgIpc) is 2.14. The van der Waals surface area contributed by atoms with Gasteiger partial charge in [-0.25, -0.2) is 10.1 Å². The van der Waals surface area contributed by atoms with Crippen LogP contribution in [0.3, 0.4) is 0 Å². The molecule has 1 heterocycles. The van der Waals surface area contributed by atoms with E-state index in [4.69, 9.17) is 4.74 Å². The summed E-state index contributed by atoms with van der Waals surface area (Å²) in [6, 6.07) is 0. The van der Waals surface area contributed by atoms with Gasteiger partial charge >= 0.3 is 6.09 Å². The molecule has 1 fully saturated rings. The molecular formula is C11H21N2O2. The van der Waals surface area contributed by atoms with Crippen molar-refractivity contribution in [3.8, 4) is 0 Å². The number of carbonyl (C=O) groups excluding carboxylic acids is 1. The van der Waals surface area contributed by atoms with Crippen LogP contribution in [0.5, 0.6) is 0 Å². The number of hydrogen-bond donors (Lipinski definition) is 1. The van der Waals surface area contributed by atoms with Gasteiger partial charge in [0.15, 0.2) is 0 Å². The van der Waals surface area contributed by atoms with Gasteiger partial charge in [-0.2, -0.15) is 0 Å². The maximum absolute atomic E-state index is 11.3. The van der Waals surface area contributed by atoms with Crippen LogP contribution < -0.4 is 10.6 Å². The van der Waals surface area contributed by atoms with E-state index in [0.29, 0.717) is 12.5 Å². The Balaban J connectivity index is 2.15. The van der Waals surface area contributed by atoms with E-state index in [1.54, 1.807) is 0 Å². The van der Waals surface area contributed by atoms with E-state index < -0.39 is 5.60 Å². The van der Waals surface area contributed by atoms with Gasteiger partial charge in [-0.05, 0) is 39.5 Å². The van der Waals surface area contributed by atoms with Gasteiger partial charge in [0.25, 0.3) is 0 Å². The number of nitrogens with one attached hydrogen (secondary N) is 1. The van der Waals surface area contributed by atoms with E-state index in [-0.39, 0.29) is 6.09 Å². The molecule has 1 radical (unpaired) electrons. The van der Waals surface area contributed by atoms with Crippen LogP contribution in [0.4, 0.5) is 4.79 Å². The second kappa shape index (κ2) is 5.35. The van der Waals surface area contributed by atoms with Crippen molar-refractivity contribution in [3.05, 3.63) is 0 Å². The standard InChI is InChI=1S/C11H21N2O2/c1-11(2,3)15-10(14)13-8-9-5-4-6-12-7-9/h9H,4-8H2,1-3H3,(H,13,14). The monoisotopic (exact) mass is 213 g/mol. The maximum Gasteiger partial charge on any atom is 0.407 e. The smallest absolute Gasteiger partial charge is 0.407 e. The van der Waals surface area contributed by atoms with Gasteiger partial charge in [0.2, 0.25) is 0 Å². The Bertz CT molecular complexity index is 205. The Labute approximate surface area is 91.8 Å². The summed E-state index contributed by atoms with van der Waals surface area (Å²) in [7, 11) is 0. The van der Waals surface area contributed by atoms with Crippen molar-refractivity contribution < 1.29 is 9.53 Å². The lowest BCUT2D eigenvalue weighted by atomic mass is 10.00. The van der Waals surface area contributed by atoms with Crippen molar-refractivity contribution >= 4 is 6.09 Å². The summed E-state index contributed by atoms with van der Waals surface area (Å²) in [5, 5.41) is 7.11. The molecule has 1 N–H and O–H groups in total. The van der Waals surface area contributed by atoms with Crippen LogP contribution in [-0.4, -0.2) is 31.3 Å². The summed E-state index contributed by atoms with van der Waals surface area (Å²) in [6.45, 7) is 8.12. The molecule has 1 rings (SSSR count). The van der Waals surface area contributed by atoms with Crippen molar-refractivity contribution in [1.29, 1.82) is 0 Å². The summed E-state index contributed by atoms with van der Waals surface area (Å²) in [4.78, 5) is 11.3. The molecule has 4 nitrogen and oxygen atoms in total. The van der Waals surface area contributed by atoms with Gasteiger partial charge in [-0.15, -0.1) is 0 Å². The minimum Gasteiger partial charge on any atom is -0.444 e. The predicted molar refractivity (Wildman–Crippen MR) is 58.8 cm³/mol. The molecule has 0 spiro atoms. The zero-order chi connectivity index (χ0) is 11.3. The highest BCUT2D eigenvalue weighted by Gasteiger charge is 2.18. The minimum absolute atomic E-state index is 0.326. The third kappa shape index (κ3) is 5.62. The largest absolute Gasteiger partial charge is 0.444 e. The number of hydrogen-bond acceptors (Lipinski definition) is 2. The van der Waals surface area contributed by atoms with E-state index in [2.05, 4.69) is 10.6 Å². The molecule has 0 aromatic heterocycles. The third-order valence-corrected chi connectivity index (χ3v) is 2.25. The highest BCUT2D eigenvalue weighted by Crippen LogP contribution is 2.10. The number of amides is 1. The molecular weight excluding hydrogens is 192 g/mol. The Morgan fingerprint density at radius 2 is 2.27 bits per heavy atom. The van der Waals surface area contributed by atoms with Crippen LogP contribution in [0, 0.1) is 5.92 Å². The van der Waals surface area contributed by atoms with Crippen LogP contribution in [-0.2, 0) is 4.74 Å². The van der Waals surface area contributed by atoms with E-state index in [1.165, 1.54) is 0 Å². The van der Waals surface area contributed by atoms with Gasteiger partial charge in [0.1, 0.15) is 5.60 Å². The number of piperidine rings is 1. The molecule has 1 saturated heterocycles. The number of carbonyl (C=O) groups is 1. The van der Waals surface area contributed by atoms with Gasteiger partial charge in [-0.3, -0.25) is 0 Å². The molecule has 0 saturated carbocycles. The molecule has 0 aliphatic carbocycles. The number of rotatable bonds is 2. The maximum atomic E-state index is 11.3. The van der Waals surface area contributed by atoms with Gasteiger partial charge in [0, 0.05) is 19.6 Å². The predicted octanol–water partition coefficient (Wildman–Crippen LogP) is 1.53. The molecule has 1 unspecified atom stereocenters. The summed E-state index contributed by atoms with van der Waals surface area (Å²) in [6.07, 6.45) is 1.97. The van der Waals surface area contributed by atoms with Gasteiger partial charge in [-0.1, -0.05) is 0 Å². The Hall–Kier alpha value is -0.770. The van der Waals surface area contributed by atoms with E-state index in [9.17, 15) is 4.79 Å². The van der Waals surface area contributed by atoms with Gasteiger partial charge in [0.05, 0.1) is 0 Å². The van der Waals surface area contributed by atoms with Crippen molar-refractivity contribution in [3.63, 3.8) is 0 Å². The molecule has 0 aromatic carbocycles. The molecule has 1 amide bonds. The Morgan fingerprint density at radius 3 is 2.80 bits per heavy atom. The number of ether oxygens (including phenoxy) is 1. The summed E-state index contributed by atoms with van der Waals surface area (Å²) in [5.41, 5.74) is -0.416. The van der Waals surface area contributed by atoms with Gasteiger partial charge < -0.3 is 10.1 Å². The quantitative estimate of drug-likeness (QED) is 0.756. The number of alkyl carbamates (subject to hydrolysis) is 1. The van der Waals surface area contributed by atoms with Crippen LogP contribution in [0.1, 0.15) is 33.6 Å². The first-order valence-corrected chi connectivity index (χ1v) is 5.57. The summed E-state index contributed by atoms with van der Waals surface area (Å²) < 4.78 is 5.15. The average molecular weight is 213 g/mol. The molecule has 1 aliphatic heterocycles. The molecule has 0 bridgehead atoms. The van der Waals surface area contributed by atoms with Crippen LogP contribution in [0.25, 0.3) is 0 Å². The van der Waals surface area contributed by atoms with Crippen LogP contribution >= 0.6 is 0 Å². The first-order chi connectivity index (χ1) is 6.97. The lowest BCUT2D eigenvalue weighted by Gasteiger charge is -2.23. The molecule has 87 valence electrons. The lowest BCUT2D eigenvalue weighted by Crippen LogP contribution is -2.38.